The Morgan fingerprint density at radius 3 is 2.79 bits per heavy atom. The number of rotatable bonds is 7. The second kappa shape index (κ2) is 9.64. The molecule has 2 aromatic heterocycles. The van der Waals surface area contributed by atoms with Crippen molar-refractivity contribution in [2.75, 3.05) is 0 Å². The molecule has 0 spiro atoms. The van der Waals surface area contributed by atoms with Gasteiger partial charge in [-0.15, -0.1) is 0 Å². The molecule has 34 heavy (non-hydrogen) atoms. The summed E-state index contributed by atoms with van der Waals surface area (Å²) in [6.45, 7) is 0.420. The Morgan fingerprint density at radius 2 is 1.91 bits per heavy atom. The molecule has 7 nitrogen and oxygen atoms in total. The highest BCUT2D eigenvalue weighted by Crippen LogP contribution is 2.24. The average Bonchev–Trinajstić information content (AvgIpc) is 3.52. The van der Waals surface area contributed by atoms with Crippen LogP contribution in [0, 0.1) is 0 Å². The minimum atomic E-state index is -0.384. The fourth-order valence-electron chi connectivity index (χ4n) is 3.50. The van der Waals surface area contributed by atoms with Crippen LogP contribution in [0.1, 0.15) is 21.6 Å². The summed E-state index contributed by atoms with van der Waals surface area (Å²) in [6, 6.07) is 24.6. The number of H-pyrrole nitrogens is 2. The van der Waals surface area contributed by atoms with Gasteiger partial charge >= 0.3 is 0 Å². The second-order valence-corrected chi connectivity index (χ2v) is 8.03. The lowest BCUT2D eigenvalue weighted by molar-refractivity contribution is 0.0950. The average molecular weight is 470 g/mol. The number of nitrogens with zero attached hydrogens (tertiary/aromatic N) is 2. The van der Waals surface area contributed by atoms with Crippen LogP contribution >= 0.6 is 11.6 Å². The third-order valence-corrected chi connectivity index (χ3v) is 5.51. The molecule has 0 aliphatic rings. The van der Waals surface area contributed by atoms with E-state index in [1.807, 2.05) is 79.0 Å². The van der Waals surface area contributed by atoms with E-state index >= 15 is 0 Å². The summed E-state index contributed by atoms with van der Waals surface area (Å²) in [5.41, 5.74) is 7.20. The Morgan fingerprint density at radius 1 is 1.06 bits per heavy atom. The van der Waals surface area contributed by atoms with Crippen LogP contribution in [0.3, 0.4) is 0 Å². The molecule has 2 heterocycles. The summed E-state index contributed by atoms with van der Waals surface area (Å²) in [7, 11) is 0. The number of carbonyl (C=O) groups excluding carboxylic acids is 1. The van der Waals surface area contributed by atoms with E-state index in [1.165, 1.54) is 0 Å². The summed E-state index contributed by atoms with van der Waals surface area (Å²) in [6.07, 6.45) is 3.45. The molecule has 0 radical (unpaired) electrons. The minimum Gasteiger partial charge on any atom is -0.489 e. The van der Waals surface area contributed by atoms with Crippen molar-refractivity contribution in [1.82, 2.24) is 20.6 Å². The van der Waals surface area contributed by atoms with Gasteiger partial charge in [0.1, 0.15) is 18.1 Å². The van der Waals surface area contributed by atoms with Crippen molar-refractivity contribution in [2.45, 2.75) is 6.61 Å². The van der Waals surface area contributed by atoms with Gasteiger partial charge in [0.05, 0.1) is 11.9 Å². The molecule has 0 fully saturated rings. The van der Waals surface area contributed by atoms with Crippen LogP contribution in [-0.4, -0.2) is 27.3 Å². The lowest BCUT2D eigenvalue weighted by Gasteiger charge is -2.07. The van der Waals surface area contributed by atoms with Gasteiger partial charge in [-0.25, -0.2) is 5.43 Å². The number of hydrogen-bond acceptors (Lipinski definition) is 4. The van der Waals surface area contributed by atoms with Gasteiger partial charge in [0.15, 0.2) is 0 Å². The fraction of sp³-hybridized carbons (Fsp3) is 0.0385. The summed E-state index contributed by atoms with van der Waals surface area (Å²) in [5, 5.41) is 12.8. The van der Waals surface area contributed by atoms with Crippen molar-refractivity contribution >= 4 is 34.6 Å². The zero-order valence-corrected chi connectivity index (χ0v) is 18.7. The number of aromatic nitrogens is 3. The standard InChI is InChI=1S/C26H20ClN5O2/c27-20-10-8-17(9-11-20)16-34-21-5-3-4-18(12-21)24-13-25(31-30-24)26(33)32-29-15-19-14-28-23-7-2-1-6-22(19)23/h1-15,28H,16H2,(H,30,31)(H,32,33)/b29-15+. The molecule has 5 aromatic rings. The highest BCUT2D eigenvalue weighted by molar-refractivity contribution is 6.30. The highest BCUT2D eigenvalue weighted by atomic mass is 35.5. The monoisotopic (exact) mass is 469 g/mol. The molecule has 5 rings (SSSR count). The van der Waals surface area contributed by atoms with E-state index in [2.05, 4.69) is 25.7 Å². The Hall–Kier alpha value is -4.36. The summed E-state index contributed by atoms with van der Waals surface area (Å²) in [4.78, 5) is 15.7. The predicted octanol–water partition coefficient (Wildman–Crippen LogP) is 5.55. The van der Waals surface area contributed by atoms with Crippen LogP contribution in [0.4, 0.5) is 0 Å². The summed E-state index contributed by atoms with van der Waals surface area (Å²) in [5.74, 6) is 0.315. The molecule has 3 N–H and O–H groups in total. The van der Waals surface area contributed by atoms with Crippen molar-refractivity contribution in [3.63, 3.8) is 0 Å². The molecular formula is C26H20ClN5O2. The number of benzene rings is 3. The molecular weight excluding hydrogens is 450 g/mol. The van der Waals surface area contributed by atoms with Gasteiger partial charge in [-0.05, 0) is 42.0 Å². The molecule has 3 aromatic carbocycles. The highest BCUT2D eigenvalue weighted by Gasteiger charge is 2.11. The van der Waals surface area contributed by atoms with Gasteiger partial charge < -0.3 is 9.72 Å². The number of fused-ring (bicyclic) bond motifs is 1. The van der Waals surface area contributed by atoms with Gasteiger partial charge in [0, 0.05) is 33.2 Å². The van der Waals surface area contributed by atoms with Crippen LogP contribution in [-0.2, 0) is 6.61 Å². The van der Waals surface area contributed by atoms with E-state index in [-0.39, 0.29) is 5.91 Å². The number of hydrogen-bond donors (Lipinski definition) is 3. The Balaban J connectivity index is 1.23. The van der Waals surface area contributed by atoms with Gasteiger partial charge in [-0.1, -0.05) is 54.1 Å². The summed E-state index contributed by atoms with van der Waals surface area (Å²) >= 11 is 5.93. The number of carbonyl (C=O) groups is 1. The number of ether oxygens (including phenoxy) is 1. The second-order valence-electron chi connectivity index (χ2n) is 7.60. The first kappa shape index (κ1) is 21.5. The number of aromatic amines is 2. The first-order valence-electron chi connectivity index (χ1n) is 10.6. The van der Waals surface area contributed by atoms with Crippen molar-refractivity contribution < 1.29 is 9.53 Å². The van der Waals surface area contributed by atoms with E-state index < -0.39 is 0 Å². The first-order valence-corrected chi connectivity index (χ1v) is 11.0. The third kappa shape index (κ3) is 4.84. The van der Waals surface area contributed by atoms with Gasteiger partial charge in [-0.2, -0.15) is 10.2 Å². The van der Waals surface area contributed by atoms with E-state index in [0.717, 1.165) is 27.6 Å². The van der Waals surface area contributed by atoms with Crippen LogP contribution < -0.4 is 10.2 Å². The molecule has 168 valence electrons. The Bertz CT molecular complexity index is 1470. The van der Waals surface area contributed by atoms with Crippen LogP contribution in [0.5, 0.6) is 5.75 Å². The normalized spacial score (nSPS) is 11.2. The molecule has 0 aliphatic heterocycles. The molecule has 1 amide bonds. The zero-order chi connectivity index (χ0) is 23.3. The minimum absolute atomic E-state index is 0.304. The van der Waals surface area contributed by atoms with Crippen molar-refractivity contribution in [3.8, 4) is 17.0 Å². The van der Waals surface area contributed by atoms with E-state index in [1.54, 1.807) is 12.3 Å². The molecule has 0 atom stereocenters. The van der Waals surface area contributed by atoms with Crippen molar-refractivity contribution in [1.29, 1.82) is 0 Å². The van der Waals surface area contributed by atoms with Gasteiger partial charge in [0.25, 0.3) is 5.91 Å². The van der Waals surface area contributed by atoms with E-state index in [4.69, 9.17) is 16.3 Å². The quantitative estimate of drug-likeness (QED) is 0.215. The Kier molecular flexibility index (Phi) is 6.09. The van der Waals surface area contributed by atoms with Crippen LogP contribution in [0.15, 0.2) is 90.2 Å². The molecule has 0 saturated carbocycles. The molecule has 0 unspecified atom stereocenters. The molecule has 0 aliphatic carbocycles. The third-order valence-electron chi connectivity index (χ3n) is 5.26. The topological polar surface area (TPSA) is 95.2 Å². The zero-order valence-electron chi connectivity index (χ0n) is 18.0. The first-order chi connectivity index (χ1) is 16.7. The molecule has 0 saturated heterocycles. The number of nitrogens with one attached hydrogen (secondary N) is 3. The predicted molar refractivity (Wildman–Crippen MR) is 133 cm³/mol. The largest absolute Gasteiger partial charge is 0.489 e. The van der Waals surface area contributed by atoms with Gasteiger partial charge in [0.2, 0.25) is 0 Å². The number of para-hydroxylation sites is 1. The molecule has 0 bridgehead atoms. The molecule has 8 heteroatoms. The van der Waals surface area contributed by atoms with Crippen molar-refractivity contribution in [2.24, 2.45) is 5.10 Å². The van der Waals surface area contributed by atoms with E-state index in [0.29, 0.717) is 28.8 Å². The van der Waals surface area contributed by atoms with Gasteiger partial charge in [-0.3, -0.25) is 9.89 Å². The Labute approximate surface area is 200 Å². The maximum absolute atomic E-state index is 12.5. The van der Waals surface area contributed by atoms with Crippen LogP contribution in [0.25, 0.3) is 22.2 Å². The SMILES string of the molecule is O=C(N/N=C/c1c[nH]c2ccccc12)c1cc(-c2cccc(OCc3ccc(Cl)cc3)c2)n[nH]1. The lowest BCUT2D eigenvalue weighted by Crippen LogP contribution is -2.17. The number of halogens is 1. The van der Waals surface area contributed by atoms with Crippen molar-refractivity contribution in [3.05, 3.63) is 107 Å². The maximum atomic E-state index is 12.5. The van der Waals surface area contributed by atoms with Crippen LogP contribution in [0.2, 0.25) is 5.02 Å². The number of amides is 1. The lowest BCUT2D eigenvalue weighted by atomic mass is 10.1. The summed E-state index contributed by atoms with van der Waals surface area (Å²) < 4.78 is 5.89. The smallest absolute Gasteiger partial charge is 0.289 e. The maximum Gasteiger partial charge on any atom is 0.289 e. The fourth-order valence-corrected chi connectivity index (χ4v) is 3.63. The number of hydrazone groups is 1. The van der Waals surface area contributed by atoms with E-state index in [9.17, 15) is 4.79 Å².